The number of aryl methyl sites for hydroxylation is 1. The van der Waals surface area contributed by atoms with Crippen LogP contribution in [-0.4, -0.2) is 54.3 Å². The van der Waals surface area contributed by atoms with Gasteiger partial charge in [0.25, 0.3) is 0 Å². The van der Waals surface area contributed by atoms with Crippen molar-refractivity contribution in [2.75, 3.05) is 31.7 Å². The van der Waals surface area contributed by atoms with Gasteiger partial charge in [-0.1, -0.05) is 18.2 Å². The van der Waals surface area contributed by atoms with Crippen molar-refractivity contribution in [3.63, 3.8) is 0 Å². The summed E-state index contributed by atoms with van der Waals surface area (Å²) in [5.74, 6) is 1.12. The van der Waals surface area contributed by atoms with Crippen molar-refractivity contribution >= 4 is 27.0 Å². The Morgan fingerprint density at radius 3 is 2.41 bits per heavy atom. The Kier molecular flexibility index (Phi) is 5.87. The fraction of sp³-hybridized carbons (Fsp3) is 0.308. The molecule has 1 saturated heterocycles. The molecule has 0 bridgehead atoms. The first-order valence-electron chi connectivity index (χ1n) is 11.5. The van der Waals surface area contributed by atoms with Crippen molar-refractivity contribution in [3.05, 3.63) is 71.9 Å². The molecule has 1 aliphatic heterocycles. The van der Waals surface area contributed by atoms with Crippen LogP contribution < -0.4 is 5.32 Å². The van der Waals surface area contributed by atoms with Gasteiger partial charge in [0.15, 0.2) is 9.84 Å². The minimum atomic E-state index is -3.23. The van der Waals surface area contributed by atoms with Crippen LogP contribution in [0.2, 0.25) is 0 Å². The van der Waals surface area contributed by atoms with E-state index in [0.717, 1.165) is 35.6 Å². The molecule has 3 heterocycles. The minimum Gasteiger partial charge on any atom is -0.323 e. The molecule has 0 saturated carbocycles. The second-order valence-electron chi connectivity index (χ2n) is 9.21. The summed E-state index contributed by atoms with van der Waals surface area (Å²) in [7, 11) is -1.05. The first-order valence-corrected chi connectivity index (χ1v) is 13.4. The zero-order chi connectivity index (χ0) is 23.9. The molecule has 0 unspecified atom stereocenters. The topological polar surface area (TPSA) is 79.6 Å². The minimum absolute atomic E-state index is 0.299. The van der Waals surface area contributed by atoms with Crippen LogP contribution in [0.3, 0.4) is 0 Å². The van der Waals surface area contributed by atoms with Gasteiger partial charge in [-0.25, -0.2) is 17.9 Å². The van der Waals surface area contributed by atoms with E-state index in [2.05, 4.69) is 47.4 Å². The molecule has 0 amide bonds. The van der Waals surface area contributed by atoms with Gasteiger partial charge >= 0.3 is 0 Å². The van der Waals surface area contributed by atoms with Gasteiger partial charge in [-0.05, 0) is 93.3 Å². The highest BCUT2D eigenvalue weighted by Gasteiger charge is 2.20. The van der Waals surface area contributed by atoms with Crippen LogP contribution in [0.5, 0.6) is 0 Å². The average Bonchev–Trinajstić information content (AvgIpc) is 3.23. The van der Waals surface area contributed by atoms with Crippen molar-refractivity contribution in [2.45, 2.75) is 30.6 Å². The van der Waals surface area contributed by atoms with Crippen molar-refractivity contribution in [1.29, 1.82) is 0 Å². The normalized spacial score (nSPS) is 15.6. The zero-order valence-electron chi connectivity index (χ0n) is 19.7. The number of nitrogens with zero attached hydrogens (tertiary/aromatic N) is 4. The molecule has 4 aromatic rings. The van der Waals surface area contributed by atoms with Crippen LogP contribution in [0.4, 0.5) is 11.6 Å². The van der Waals surface area contributed by atoms with Crippen LogP contribution in [0, 0.1) is 6.92 Å². The van der Waals surface area contributed by atoms with Gasteiger partial charge < -0.3 is 10.2 Å². The maximum atomic E-state index is 11.8. The lowest BCUT2D eigenvalue weighted by atomic mass is 9.87. The molecule has 34 heavy (non-hydrogen) atoms. The number of rotatable bonds is 5. The molecule has 0 radical (unpaired) electrons. The fourth-order valence-electron chi connectivity index (χ4n) is 4.71. The molecule has 176 valence electrons. The Morgan fingerprint density at radius 1 is 1.00 bits per heavy atom. The molecule has 0 atom stereocenters. The summed E-state index contributed by atoms with van der Waals surface area (Å²) in [6.45, 7) is 4.47. The summed E-state index contributed by atoms with van der Waals surface area (Å²) in [5.41, 5.74) is 6.29. The number of likely N-dealkylation sites (tertiary alicyclic amines) is 1. The van der Waals surface area contributed by atoms with E-state index in [9.17, 15) is 8.42 Å². The number of piperidine rings is 1. The third-order valence-electron chi connectivity index (χ3n) is 6.66. The van der Waals surface area contributed by atoms with Gasteiger partial charge in [-0.2, -0.15) is 0 Å². The predicted octanol–water partition coefficient (Wildman–Crippen LogP) is 4.66. The molecule has 2 aromatic heterocycles. The number of sulfone groups is 1. The molecule has 2 aromatic carbocycles. The van der Waals surface area contributed by atoms with Crippen LogP contribution in [0.15, 0.2) is 65.7 Å². The molecule has 0 aliphatic carbocycles. The molecule has 8 heteroatoms. The summed E-state index contributed by atoms with van der Waals surface area (Å²) in [4.78, 5) is 7.17. The third kappa shape index (κ3) is 4.56. The van der Waals surface area contributed by atoms with Crippen molar-refractivity contribution < 1.29 is 8.42 Å². The second kappa shape index (κ2) is 8.85. The standard InChI is InChI=1S/C26H29N5O2S/c1-18-16-21(6-10-24(18)19-12-14-30(2)15-13-19)28-26-27-17-22-7-11-25(31(22)29-26)20-4-8-23(9-5-20)34(3,32)33/h4-11,16-17,19H,12-15H2,1-3H3,(H,28,29). The largest absolute Gasteiger partial charge is 0.323 e. The van der Waals surface area contributed by atoms with E-state index in [4.69, 9.17) is 5.10 Å². The molecule has 7 nitrogen and oxygen atoms in total. The van der Waals surface area contributed by atoms with Gasteiger partial charge in [0.05, 0.1) is 22.3 Å². The second-order valence-corrected chi connectivity index (χ2v) is 11.2. The Balaban J connectivity index is 1.39. The summed E-state index contributed by atoms with van der Waals surface area (Å²) >= 11 is 0. The highest BCUT2D eigenvalue weighted by Crippen LogP contribution is 2.31. The van der Waals surface area contributed by atoms with Crippen molar-refractivity contribution in [3.8, 4) is 11.3 Å². The van der Waals surface area contributed by atoms with E-state index in [1.807, 2.05) is 16.6 Å². The van der Waals surface area contributed by atoms with E-state index < -0.39 is 9.84 Å². The number of anilines is 2. The smallest absolute Gasteiger partial charge is 0.245 e. The molecule has 1 aliphatic rings. The van der Waals surface area contributed by atoms with Crippen LogP contribution >= 0.6 is 0 Å². The quantitative estimate of drug-likeness (QED) is 0.452. The zero-order valence-corrected chi connectivity index (χ0v) is 20.5. The molecular formula is C26H29N5O2S. The van der Waals surface area contributed by atoms with Gasteiger partial charge in [-0.15, -0.1) is 5.10 Å². The lowest BCUT2D eigenvalue weighted by Crippen LogP contribution is -2.29. The number of nitrogens with one attached hydrogen (secondary N) is 1. The number of fused-ring (bicyclic) bond motifs is 1. The maximum absolute atomic E-state index is 11.8. The SMILES string of the molecule is Cc1cc(Nc2ncc3ccc(-c4ccc(S(C)(=O)=O)cc4)n3n2)ccc1C1CCN(C)CC1. The van der Waals surface area contributed by atoms with Crippen molar-refractivity contribution in [2.24, 2.45) is 0 Å². The lowest BCUT2D eigenvalue weighted by Gasteiger charge is -2.30. The highest BCUT2D eigenvalue weighted by atomic mass is 32.2. The lowest BCUT2D eigenvalue weighted by molar-refractivity contribution is 0.255. The van der Waals surface area contributed by atoms with E-state index in [1.54, 1.807) is 30.5 Å². The molecular weight excluding hydrogens is 446 g/mol. The van der Waals surface area contributed by atoms with Crippen LogP contribution in [0.1, 0.15) is 29.9 Å². The first-order chi connectivity index (χ1) is 16.3. The summed E-state index contributed by atoms with van der Waals surface area (Å²) in [5, 5.41) is 8.04. The van der Waals surface area contributed by atoms with E-state index in [-0.39, 0.29) is 0 Å². The molecule has 1 N–H and O–H groups in total. The molecule has 0 spiro atoms. The van der Waals surface area contributed by atoms with Crippen molar-refractivity contribution in [1.82, 2.24) is 19.5 Å². The number of hydrogen-bond acceptors (Lipinski definition) is 6. The number of aromatic nitrogens is 3. The first kappa shape index (κ1) is 22.6. The van der Waals surface area contributed by atoms with E-state index >= 15 is 0 Å². The number of hydrogen-bond donors (Lipinski definition) is 1. The van der Waals surface area contributed by atoms with Gasteiger partial charge in [0, 0.05) is 17.5 Å². The summed E-state index contributed by atoms with van der Waals surface area (Å²) in [6.07, 6.45) is 5.39. The Morgan fingerprint density at radius 2 is 1.74 bits per heavy atom. The Hall–Kier alpha value is -3.23. The van der Waals surface area contributed by atoms with Gasteiger partial charge in [0.1, 0.15) is 0 Å². The molecule has 5 rings (SSSR count). The molecule has 1 fully saturated rings. The predicted molar refractivity (Wildman–Crippen MR) is 135 cm³/mol. The van der Waals surface area contributed by atoms with E-state index in [0.29, 0.717) is 16.8 Å². The van der Waals surface area contributed by atoms with Gasteiger partial charge in [-0.3, -0.25) is 0 Å². The van der Waals surface area contributed by atoms with Gasteiger partial charge in [0.2, 0.25) is 5.95 Å². The fourth-order valence-corrected chi connectivity index (χ4v) is 5.34. The monoisotopic (exact) mass is 475 g/mol. The Labute approximate surface area is 200 Å². The van der Waals surface area contributed by atoms with E-state index in [1.165, 1.54) is 30.2 Å². The number of benzene rings is 2. The average molecular weight is 476 g/mol. The Bertz CT molecular complexity index is 1440. The summed E-state index contributed by atoms with van der Waals surface area (Å²) < 4.78 is 25.4. The van der Waals surface area contributed by atoms with Crippen LogP contribution in [0.25, 0.3) is 16.8 Å². The summed E-state index contributed by atoms with van der Waals surface area (Å²) in [6, 6.07) is 17.3. The third-order valence-corrected chi connectivity index (χ3v) is 7.79. The maximum Gasteiger partial charge on any atom is 0.245 e. The highest BCUT2D eigenvalue weighted by molar-refractivity contribution is 7.90. The van der Waals surface area contributed by atoms with Crippen LogP contribution in [-0.2, 0) is 9.84 Å².